The summed E-state index contributed by atoms with van der Waals surface area (Å²) in [5.41, 5.74) is 1.26. The van der Waals surface area contributed by atoms with Crippen molar-refractivity contribution in [3.8, 4) is 0 Å². The van der Waals surface area contributed by atoms with Crippen LogP contribution in [0.25, 0.3) is 0 Å². The second-order valence-corrected chi connectivity index (χ2v) is 4.32. The lowest BCUT2D eigenvalue weighted by molar-refractivity contribution is 0.298. The third-order valence-corrected chi connectivity index (χ3v) is 2.95. The van der Waals surface area contributed by atoms with Gasteiger partial charge in [0.15, 0.2) is 0 Å². The number of halogens is 1. The van der Waals surface area contributed by atoms with Crippen LogP contribution in [-0.4, -0.2) is 21.7 Å². The van der Waals surface area contributed by atoms with E-state index in [4.69, 9.17) is 5.11 Å². The third kappa shape index (κ3) is 3.06. The molecule has 5 heteroatoms. The van der Waals surface area contributed by atoms with Gasteiger partial charge in [0, 0.05) is 30.7 Å². The average Bonchev–Trinajstić information content (AvgIpc) is 2.37. The maximum atomic E-state index is 13.5. The monoisotopic (exact) mass is 262 g/mol. The fourth-order valence-corrected chi connectivity index (χ4v) is 1.98. The van der Waals surface area contributed by atoms with Crippen molar-refractivity contribution in [2.45, 2.75) is 19.8 Å². The van der Waals surface area contributed by atoms with Crippen LogP contribution in [0.5, 0.6) is 0 Å². The van der Waals surface area contributed by atoms with E-state index in [1.807, 2.05) is 0 Å². The molecule has 0 aliphatic carbocycles. The molecular weight excluding hydrogens is 247 g/mol. The van der Waals surface area contributed by atoms with Gasteiger partial charge in [0.25, 0.3) is 5.56 Å². The molecule has 0 fully saturated rings. The molecule has 0 saturated heterocycles. The Labute approximate surface area is 110 Å². The first kappa shape index (κ1) is 13.4. The van der Waals surface area contributed by atoms with Crippen molar-refractivity contribution in [1.82, 2.24) is 9.97 Å². The van der Waals surface area contributed by atoms with Crippen molar-refractivity contribution in [1.29, 1.82) is 0 Å². The molecule has 2 aromatic rings. The van der Waals surface area contributed by atoms with Crippen LogP contribution < -0.4 is 5.56 Å². The first-order chi connectivity index (χ1) is 9.11. The largest absolute Gasteiger partial charge is 0.396 e. The number of nitrogens with one attached hydrogen (secondary N) is 1. The van der Waals surface area contributed by atoms with E-state index in [9.17, 15) is 9.18 Å². The quantitative estimate of drug-likeness (QED) is 0.874. The minimum atomic E-state index is -0.317. The molecule has 2 N–H and O–H groups in total. The van der Waals surface area contributed by atoms with E-state index in [0.29, 0.717) is 22.6 Å². The van der Waals surface area contributed by atoms with E-state index in [2.05, 4.69) is 9.97 Å². The molecule has 1 aromatic heterocycles. The van der Waals surface area contributed by atoms with Crippen LogP contribution in [0.2, 0.25) is 0 Å². The van der Waals surface area contributed by atoms with Crippen LogP contribution in [0, 0.1) is 12.7 Å². The summed E-state index contributed by atoms with van der Waals surface area (Å²) in [6, 6.07) is 6.39. The van der Waals surface area contributed by atoms with Gasteiger partial charge in [-0.2, -0.15) is 0 Å². The standard InChI is InChI=1S/C14H15FN2O2/c1-9-11(6-7-18)14(19)17-13(16-9)8-10-4-2-3-5-12(10)15/h2-5,18H,6-8H2,1H3,(H,16,17,19). The van der Waals surface area contributed by atoms with Crippen molar-refractivity contribution in [3.05, 3.63) is 63.1 Å². The maximum absolute atomic E-state index is 13.5. The summed E-state index contributed by atoms with van der Waals surface area (Å²) >= 11 is 0. The molecule has 0 spiro atoms. The highest BCUT2D eigenvalue weighted by Crippen LogP contribution is 2.10. The lowest BCUT2D eigenvalue weighted by Crippen LogP contribution is -2.20. The van der Waals surface area contributed by atoms with Gasteiger partial charge in [-0.1, -0.05) is 18.2 Å². The zero-order valence-electron chi connectivity index (χ0n) is 10.6. The van der Waals surface area contributed by atoms with E-state index in [1.54, 1.807) is 25.1 Å². The molecule has 2 rings (SSSR count). The summed E-state index contributed by atoms with van der Waals surface area (Å²) in [5, 5.41) is 8.88. The number of rotatable bonds is 4. The second kappa shape index (κ2) is 5.75. The van der Waals surface area contributed by atoms with Gasteiger partial charge in [-0.15, -0.1) is 0 Å². The Balaban J connectivity index is 2.33. The van der Waals surface area contributed by atoms with Crippen molar-refractivity contribution >= 4 is 0 Å². The Morgan fingerprint density at radius 1 is 1.37 bits per heavy atom. The maximum Gasteiger partial charge on any atom is 0.254 e. The van der Waals surface area contributed by atoms with Crippen LogP contribution in [0.4, 0.5) is 4.39 Å². The first-order valence-corrected chi connectivity index (χ1v) is 6.04. The fraction of sp³-hybridized carbons (Fsp3) is 0.286. The molecule has 0 unspecified atom stereocenters. The Morgan fingerprint density at radius 3 is 2.74 bits per heavy atom. The number of hydrogen-bond donors (Lipinski definition) is 2. The first-order valence-electron chi connectivity index (χ1n) is 6.04. The summed E-state index contributed by atoms with van der Waals surface area (Å²) in [6.07, 6.45) is 0.510. The molecule has 0 bridgehead atoms. The Bertz CT molecular complexity index is 638. The lowest BCUT2D eigenvalue weighted by atomic mass is 10.1. The van der Waals surface area contributed by atoms with Gasteiger partial charge in [0.05, 0.1) is 0 Å². The Hall–Kier alpha value is -2.01. The summed E-state index contributed by atoms with van der Waals surface area (Å²) in [6.45, 7) is 1.61. The minimum Gasteiger partial charge on any atom is -0.396 e. The predicted molar refractivity (Wildman–Crippen MR) is 69.6 cm³/mol. The van der Waals surface area contributed by atoms with E-state index in [-0.39, 0.29) is 30.8 Å². The van der Waals surface area contributed by atoms with Gasteiger partial charge in [-0.25, -0.2) is 9.37 Å². The third-order valence-electron chi connectivity index (χ3n) is 2.95. The predicted octanol–water partition coefficient (Wildman–Crippen LogP) is 1.34. The number of aromatic nitrogens is 2. The summed E-state index contributed by atoms with van der Waals surface area (Å²) < 4.78 is 13.5. The molecular formula is C14H15FN2O2. The van der Waals surface area contributed by atoms with E-state index >= 15 is 0 Å². The van der Waals surface area contributed by atoms with Gasteiger partial charge in [0.2, 0.25) is 0 Å². The number of nitrogens with zero attached hydrogens (tertiary/aromatic N) is 1. The van der Waals surface area contributed by atoms with Crippen LogP contribution in [-0.2, 0) is 12.8 Å². The summed E-state index contributed by atoms with van der Waals surface area (Å²) in [5.74, 6) is 0.108. The number of aliphatic hydroxyl groups excluding tert-OH is 1. The Kier molecular flexibility index (Phi) is 4.06. The molecule has 19 heavy (non-hydrogen) atoms. The smallest absolute Gasteiger partial charge is 0.254 e. The number of aliphatic hydroxyl groups is 1. The minimum absolute atomic E-state index is 0.0989. The topological polar surface area (TPSA) is 66.0 Å². The molecule has 0 amide bonds. The number of H-pyrrole nitrogens is 1. The average molecular weight is 262 g/mol. The number of hydrogen-bond acceptors (Lipinski definition) is 3. The molecule has 100 valence electrons. The van der Waals surface area contributed by atoms with Gasteiger partial charge in [-0.3, -0.25) is 4.79 Å². The van der Waals surface area contributed by atoms with Gasteiger partial charge in [-0.05, 0) is 18.6 Å². The van der Waals surface area contributed by atoms with E-state index < -0.39 is 0 Å². The number of aryl methyl sites for hydroxylation is 1. The zero-order valence-corrected chi connectivity index (χ0v) is 10.6. The molecule has 0 atom stereocenters. The van der Waals surface area contributed by atoms with E-state index in [1.165, 1.54) is 6.07 Å². The number of aromatic amines is 1. The molecule has 4 nitrogen and oxygen atoms in total. The van der Waals surface area contributed by atoms with E-state index in [0.717, 1.165) is 0 Å². The molecule has 1 heterocycles. The van der Waals surface area contributed by atoms with Gasteiger partial charge >= 0.3 is 0 Å². The highest BCUT2D eigenvalue weighted by molar-refractivity contribution is 5.23. The van der Waals surface area contributed by atoms with Crippen LogP contribution in [0.1, 0.15) is 22.6 Å². The summed E-state index contributed by atoms with van der Waals surface area (Å²) in [7, 11) is 0. The zero-order chi connectivity index (χ0) is 13.8. The van der Waals surface area contributed by atoms with Crippen molar-refractivity contribution < 1.29 is 9.50 Å². The molecule has 1 aromatic carbocycles. The Morgan fingerprint density at radius 2 is 2.11 bits per heavy atom. The van der Waals surface area contributed by atoms with Crippen LogP contribution in [0.3, 0.4) is 0 Å². The highest BCUT2D eigenvalue weighted by Gasteiger charge is 2.09. The van der Waals surface area contributed by atoms with Crippen molar-refractivity contribution in [2.24, 2.45) is 0 Å². The SMILES string of the molecule is Cc1nc(Cc2ccccc2F)[nH]c(=O)c1CCO. The molecule has 0 aliphatic heterocycles. The van der Waals surface area contributed by atoms with Gasteiger partial charge in [0.1, 0.15) is 11.6 Å². The van der Waals surface area contributed by atoms with Crippen LogP contribution >= 0.6 is 0 Å². The van der Waals surface area contributed by atoms with Crippen molar-refractivity contribution in [3.63, 3.8) is 0 Å². The van der Waals surface area contributed by atoms with Crippen molar-refractivity contribution in [2.75, 3.05) is 6.61 Å². The number of benzene rings is 1. The highest BCUT2D eigenvalue weighted by atomic mass is 19.1. The molecule has 0 saturated carbocycles. The summed E-state index contributed by atoms with van der Waals surface area (Å²) in [4.78, 5) is 18.7. The molecule has 0 radical (unpaired) electrons. The normalized spacial score (nSPS) is 10.7. The van der Waals surface area contributed by atoms with Gasteiger partial charge < -0.3 is 10.1 Å². The fourth-order valence-electron chi connectivity index (χ4n) is 1.98. The van der Waals surface area contributed by atoms with Crippen LogP contribution in [0.15, 0.2) is 29.1 Å². The lowest BCUT2D eigenvalue weighted by Gasteiger charge is -2.07. The second-order valence-electron chi connectivity index (χ2n) is 4.32. The molecule has 0 aliphatic rings.